The molecule has 6 heteroatoms. The molecule has 0 atom stereocenters. The van der Waals surface area contributed by atoms with E-state index >= 15 is 0 Å². The molecule has 0 unspecified atom stereocenters. The molecule has 0 aliphatic heterocycles. The number of nitrogens with zero attached hydrogens (tertiary/aromatic N) is 3. The highest BCUT2D eigenvalue weighted by atomic mass is 16.5. The maximum absolute atomic E-state index is 12.2. The molecule has 0 radical (unpaired) electrons. The van der Waals surface area contributed by atoms with E-state index in [9.17, 15) is 4.79 Å². The molecule has 0 aliphatic rings. The SMILES string of the molecule is COc1ccc2c(=O)[nH]c(Cc3ccc(-n4cccc4)cc3)nc2n1. The van der Waals surface area contributed by atoms with Crippen molar-refractivity contribution < 1.29 is 4.74 Å². The number of aromatic amines is 1. The summed E-state index contributed by atoms with van der Waals surface area (Å²) in [6.45, 7) is 0. The maximum atomic E-state index is 12.2. The average molecular weight is 332 g/mol. The molecule has 1 N–H and O–H groups in total. The molecule has 4 aromatic rings. The third-order valence-corrected chi connectivity index (χ3v) is 4.01. The zero-order chi connectivity index (χ0) is 17.2. The summed E-state index contributed by atoms with van der Waals surface area (Å²) in [6.07, 6.45) is 4.52. The van der Waals surface area contributed by atoms with Crippen molar-refractivity contribution in [3.05, 3.63) is 82.7 Å². The van der Waals surface area contributed by atoms with Gasteiger partial charge >= 0.3 is 0 Å². The Labute approximate surface area is 143 Å². The Bertz CT molecular complexity index is 1070. The lowest BCUT2D eigenvalue weighted by atomic mass is 10.1. The molecule has 25 heavy (non-hydrogen) atoms. The lowest BCUT2D eigenvalue weighted by Crippen LogP contribution is -2.13. The summed E-state index contributed by atoms with van der Waals surface area (Å²) in [5.74, 6) is 1.01. The van der Waals surface area contributed by atoms with Crippen molar-refractivity contribution in [1.29, 1.82) is 0 Å². The zero-order valence-electron chi connectivity index (χ0n) is 13.6. The molecule has 4 rings (SSSR count). The van der Waals surface area contributed by atoms with E-state index in [0.717, 1.165) is 11.3 Å². The first-order valence-electron chi connectivity index (χ1n) is 7.89. The van der Waals surface area contributed by atoms with E-state index in [4.69, 9.17) is 4.74 Å². The minimum absolute atomic E-state index is 0.195. The number of aromatic nitrogens is 4. The van der Waals surface area contributed by atoms with E-state index in [-0.39, 0.29) is 5.56 Å². The van der Waals surface area contributed by atoms with Gasteiger partial charge in [0.2, 0.25) is 5.88 Å². The topological polar surface area (TPSA) is 72.8 Å². The van der Waals surface area contributed by atoms with Gasteiger partial charge in [0.1, 0.15) is 5.82 Å². The second-order valence-corrected chi connectivity index (χ2v) is 5.67. The first-order chi connectivity index (χ1) is 12.2. The second-order valence-electron chi connectivity index (χ2n) is 5.67. The molecular formula is C19H16N4O2. The predicted octanol–water partition coefficient (Wildman–Crippen LogP) is 2.71. The molecule has 3 aromatic heterocycles. The summed E-state index contributed by atoms with van der Waals surface area (Å²) in [5.41, 5.74) is 2.34. The van der Waals surface area contributed by atoms with Crippen LogP contribution in [0.2, 0.25) is 0 Å². The highest BCUT2D eigenvalue weighted by Crippen LogP contribution is 2.14. The van der Waals surface area contributed by atoms with Crippen LogP contribution in [0.4, 0.5) is 0 Å². The average Bonchev–Trinajstić information content (AvgIpc) is 3.16. The van der Waals surface area contributed by atoms with Crippen LogP contribution in [0.3, 0.4) is 0 Å². The van der Waals surface area contributed by atoms with Gasteiger partial charge in [-0.15, -0.1) is 0 Å². The molecular weight excluding hydrogens is 316 g/mol. The van der Waals surface area contributed by atoms with Gasteiger partial charge in [-0.3, -0.25) is 4.79 Å². The number of methoxy groups -OCH3 is 1. The third-order valence-electron chi connectivity index (χ3n) is 4.01. The van der Waals surface area contributed by atoms with Crippen molar-refractivity contribution in [2.45, 2.75) is 6.42 Å². The Balaban J connectivity index is 1.65. The Morgan fingerprint density at radius 1 is 1.04 bits per heavy atom. The first-order valence-corrected chi connectivity index (χ1v) is 7.89. The molecule has 0 fully saturated rings. The largest absolute Gasteiger partial charge is 0.481 e. The van der Waals surface area contributed by atoms with Gasteiger partial charge in [0.15, 0.2) is 5.65 Å². The standard InChI is InChI=1S/C19H16N4O2/c1-25-17-9-8-15-18(22-17)20-16(21-19(15)24)12-13-4-6-14(7-5-13)23-10-2-3-11-23/h2-11H,12H2,1H3,(H,20,21,22,24). The van der Waals surface area contributed by atoms with Gasteiger partial charge < -0.3 is 14.3 Å². The minimum Gasteiger partial charge on any atom is -0.481 e. The van der Waals surface area contributed by atoms with Crippen LogP contribution in [0.25, 0.3) is 16.7 Å². The van der Waals surface area contributed by atoms with E-state index in [0.29, 0.717) is 29.2 Å². The molecule has 0 amide bonds. The lowest BCUT2D eigenvalue weighted by molar-refractivity contribution is 0.399. The van der Waals surface area contributed by atoms with Crippen molar-refractivity contribution in [2.75, 3.05) is 7.11 Å². The summed E-state index contributed by atoms with van der Waals surface area (Å²) < 4.78 is 7.14. The number of hydrogen-bond acceptors (Lipinski definition) is 4. The lowest BCUT2D eigenvalue weighted by Gasteiger charge is -2.06. The number of pyridine rings is 1. The quantitative estimate of drug-likeness (QED) is 0.624. The van der Waals surface area contributed by atoms with Gasteiger partial charge in [-0.1, -0.05) is 12.1 Å². The number of H-pyrrole nitrogens is 1. The summed E-state index contributed by atoms with van der Waals surface area (Å²) in [6, 6.07) is 15.4. The van der Waals surface area contributed by atoms with Crippen molar-refractivity contribution in [1.82, 2.24) is 19.5 Å². The van der Waals surface area contributed by atoms with Gasteiger partial charge in [-0.25, -0.2) is 4.98 Å². The van der Waals surface area contributed by atoms with Crippen molar-refractivity contribution in [2.24, 2.45) is 0 Å². The number of rotatable bonds is 4. The fourth-order valence-electron chi connectivity index (χ4n) is 2.73. The fourth-order valence-corrected chi connectivity index (χ4v) is 2.73. The fraction of sp³-hybridized carbons (Fsp3) is 0.105. The number of fused-ring (bicyclic) bond motifs is 1. The van der Waals surface area contributed by atoms with Crippen LogP contribution in [0.15, 0.2) is 65.7 Å². The van der Waals surface area contributed by atoms with Crippen LogP contribution in [-0.2, 0) is 6.42 Å². The van der Waals surface area contributed by atoms with Crippen LogP contribution in [0.1, 0.15) is 11.4 Å². The van der Waals surface area contributed by atoms with Gasteiger partial charge in [-0.05, 0) is 35.9 Å². The summed E-state index contributed by atoms with van der Waals surface area (Å²) in [5, 5.41) is 0.451. The number of nitrogens with one attached hydrogen (secondary N) is 1. The zero-order valence-corrected chi connectivity index (χ0v) is 13.6. The molecule has 0 aliphatic carbocycles. The Morgan fingerprint density at radius 3 is 2.52 bits per heavy atom. The molecule has 0 spiro atoms. The summed E-state index contributed by atoms with van der Waals surface area (Å²) in [4.78, 5) is 23.8. The van der Waals surface area contributed by atoms with E-state index in [1.165, 1.54) is 7.11 Å². The predicted molar refractivity (Wildman–Crippen MR) is 95.3 cm³/mol. The van der Waals surface area contributed by atoms with Crippen LogP contribution in [0, 0.1) is 0 Å². The summed E-state index contributed by atoms with van der Waals surface area (Å²) in [7, 11) is 1.54. The van der Waals surface area contributed by atoms with Gasteiger partial charge in [0.05, 0.1) is 12.5 Å². The highest BCUT2D eigenvalue weighted by molar-refractivity contribution is 5.73. The highest BCUT2D eigenvalue weighted by Gasteiger charge is 2.07. The molecule has 6 nitrogen and oxygen atoms in total. The number of ether oxygens (including phenoxy) is 1. The van der Waals surface area contributed by atoms with Crippen molar-refractivity contribution in [3.8, 4) is 11.6 Å². The molecule has 1 aromatic carbocycles. The smallest absolute Gasteiger partial charge is 0.260 e. The third kappa shape index (κ3) is 3.01. The second kappa shape index (κ2) is 6.24. The van der Waals surface area contributed by atoms with Crippen LogP contribution in [0.5, 0.6) is 5.88 Å². The molecule has 0 saturated heterocycles. The number of benzene rings is 1. The molecule has 0 bridgehead atoms. The Kier molecular flexibility index (Phi) is 3.78. The van der Waals surface area contributed by atoms with Gasteiger partial charge in [-0.2, -0.15) is 4.98 Å². The van der Waals surface area contributed by atoms with E-state index in [1.807, 2.05) is 53.4 Å². The van der Waals surface area contributed by atoms with Crippen LogP contribution < -0.4 is 10.3 Å². The molecule has 124 valence electrons. The molecule has 3 heterocycles. The van der Waals surface area contributed by atoms with Crippen LogP contribution in [-0.4, -0.2) is 26.6 Å². The normalized spacial score (nSPS) is 10.9. The number of hydrogen-bond donors (Lipinski definition) is 1. The van der Waals surface area contributed by atoms with Crippen molar-refractivity contribution >= 4 is 11.0 Å². The van der Waals surface area contributed by atoms with Gasteiger partial charge in [0.25, 0.3) is 5.56 Å². The van der Waals surface area contributed by atoms with E-state index < -0.39 is 0 Å². The summed E-state index contributed by atoms with van der Waals surface area (Å²) >= 11 is 0. The Hall–Kier alpha value is -3.41. The van der Waals surface area contributed by atoms with E-state index in [1.54, 1.807) is 12.1 Å². The van der Waals surface area contributed by atoms with Crippen molar-refractivity contribution in [3.63, 3.8) is 0 Å². The monoisotopic (exact) mass is 332 g/mol. The molecule has 0 saturated carbocycles. The van der Waals surface area contributed by atoms with E-state index in [2.05, 4.69) is 15.0 Å². The Morgan fingerprint density at radius 2 is 1.80 bits per heavy atom. The van der Waals surface area contributed by atoms with Crippen LogP contribution >= 0.6 is 0 Å². The van der Waals surface area contributed by atoms with Gasteiger partial charge in [0, 0.05) is 30.6 Å². The maximum Gasteiger partial charge on any atom is 0.260 e. The first kappa shape index (κ1) is 15.1. The minimum atomic E-state index is -0.195.